The van der Waals surface area contributed by atoms with Crippen molar-refractivity contribution in [3.63, 3.8) is 0 Å². The summed E-state index contributed by atoms with van der Waals surface area (Å²) < 4.78 is 3.48. The molecule has 0 atom stereocenters. The van der Waals surface area contributed by atoms with Gasteiger partial charge in [-0.2, -0.15) is 5.26 Å². The predicted octanol–water partition coefficient (Wildman–Crippen LogP) is 3.79. The first-order chi connectivity index (χ1) is 11.9. The molecule has 0 amide bonds. The highest BCUT2D eigenvalue weighted by Gasteiger charge is 2.19. The van der Waals surface area contributed by atoms with E-state index >= 15 is 0 Å². The lowest BCUT2D eigenvalue weighted by Gasteiger charge is -2.14. The highest BCUT2D eigenvalue weighted by atomic mass is 16.1. The molecule has 0 bridgehead atoms. The average Bonchev–Trinajstić information content (AvgIpc) is 2.92. The first-order valence-corrected chi connectivity index (χ1v) is 8.53. The number of hydrogen-bond donors (Lipinski definition) is 0. The van der Waals surface area contributed by atoms with Crippen molar-refractivity contribution in [2.45, 2.75) is 47.1 Å². The lowest BCUT2D eigenvalue weighted by Crippen LogP contribution is -2.26. The van der Waals surface area contributed by atoms with Crippen molar-refractivity contribution in [3.8, 4) is 17.5 Å². The van der Waals surface area contributed by atoms with Crippen molar-refractivity contribution in [2.24, 2.45) is 0 Å². The Morgan fingerprint density at radius 1 is 1.24 bits per heavy atom. The third kappa shape index (κ3) is 2.64. The van der Waals surface area contributed by atoms with E-state index in [4.69, 9.17) is 10.4 Å². The summed E-state index contributed by atoms with van der Waals surface area (Å²) in [7, 11) is 0. The molecule has 0 radical (unpaired) electrons. The molecule has 0 aliphatic carbocycles. The van der Waals surface area contributed by atoms with Crippen molar-refractivity contribution in [2.75, 3.05) is 0 Å². The molecule has 0 spiro atoms. The van der Waals surface area contributed by atoms with Crippen molar-refractivity contribution < 1.29 is 0 Å². The smallest absolute Gasteiger partial charge is 0.278 e. The molecule has 5 nitrogen and oxygen atoms in total. The van der Waals surface area contributed by atoms with E-state index in [-0.39, 0.29) is 11.5 Å². The van der Waals surface area contributed by atoms with Crippen LogP contribution in [0.2, 0.25) is 0 Å². The van der Waals surface area contributed by atoms with E-state index in [0.29, 0.717) is 23.4 Å². The normalized spacial score (nSPS) is 11.2. The topological polar surface area (TPSA) is 63.1 Å². The van der Waals surface area contributed by atoms with Crippen LogP contribution in [0.15, 0.2) is 29.1 Å². The Balaban J connectivity index is 2.40. The Hall–Kier alpha value is -2.87. The second-order valence-electron chi connectivity index (χ2n) is 6.67. The van der Waals surface area contributed by atoms with Gasteiger partial charge in [-0.3, -0.25) is 9.36 Å². The van der Waals surface area contributed by atoms with Gasteiger partial charge in [0.2, 0.25) is 0 Å². The maximum atomic E-state index is 13.2. The zero-order chi connectivity index (χ0) is 18.3. The summed E-state index contributed by atoms with van der Waals surface area (Å²) in [6, 6.07) is 9.65. The molecule has 0 aliphatic rings. The minimum atomic E-state index is -0.0203. The van der Waals surface area contributed by atoms with Gasteiger partial charge in [0.25, 0.3) is 5.56 Å². The van der Waals surface area contributed by atoms with Gasteiger partial charge in [0.15, 0.2) is 5.82 Å². The van der Waals surface area contributed by atoms with Crippen LogP contribution in [0.4, 0.5) is 0 Å². The molecule has 0 saturated heterocycles. The molecule has 5 heteroatoms. The summed E-state index contributed by atoms with van der Waals surface area (Å²) in [5.74, 6) is 0.891. The zero-order valence-corrected chi connectivity index (χ0v) is 15.3. The molecule has 0 fully saturated rings. The van der Waals surface area contributed by atoms with Crippen LogP contribution in [0, 0.1) is 25.2 Å². The van der Waals surface area contributed by atoms with Crippen molar-refractivity contribution in [3.05, 3.63) is 57.0 Å². The van der Waals surface area contributed by atoms with E-state index in [1.165, 1.54) is 0 Å². The lowest BCUT2D eigenvalue weighted by atomic mass is 10.0. The summed E-state index contributed by atoms with van der Waals surface area (Å²) in [5, 5.41) is 13.9. The Kier molecular flexibility index (Phi) is 4.22. The highest BCUT2D eigenvalue weighted by Crippen LogP contribution is 2.25. The summed E-state index contributed by atoms with van der Waals surface area (Å²) in [6.07, 6.45) is 0. The number of rotatable bonds is 3. The molecule has 0 aliphatic heterocycles. The SMILES string of the molecule is CCn1c(-c2ccc(C#N)cc2C)nn2c(C)cc(C(C)C)c2c1=O. The van der Waals surface area contributed by atoms with Gasteiger partial charge in [0.05, 0.1) is 11.6 Å². The van der Waals surface area contributed by atoms with Crippen LogP contribution in [-0.4, -0.2) is 14.2 Å². The number of nitrogens with zero attached hydrogens (tertiary/aromatic N) is 4. The molecule has 3 aromatic rings. The molecule has 2 heterocycles. The van der Waals surface area contributed by atoms with Crippen LogP contribution in [0.1, 0.15) is 49.1 Å². The van der Waals surface area contributed by atoms with Crippen molar-refractivity contribution in [1.29, 1.82) is 5.26 Å². The summed E-state index contributed by atoms with van der Waals surface area (Å²) in [5.41, 5.74) is 5.02. The molecule has 25 heavy (non-hydrogen) atoms. The van der Waals surface area contributed by atoms with Gasteiger partial charge in [-0.25, -0.2) is 4.52 Å². The fraction of sp³-hybridized carbons (Fsp3) is 0.350. The van der Waals surface area contributed by atoms with Gasteiger partial charge in [-0.05, 0) is 62.1 Å². The van der Waals surface area contributed by atoms with E-state index in [2.05, 4.69) is 19.9 Å². The molecule has 1 aromatic carbocycles. The summed E-state index contributed by atoms with van der Waals surface area (Å²) in [4.78, 5) is 13.2. The van der Waals surface area contributed by atoms with E-state index in [0.717, 1.165) is 22.4 Å². The van der Waals surface area contributed by atoms with Crippen LogP contribution < -0.4 is 5.56 Å². The summed E-state index contributed by atoms with van der Waals surface area (Å²) >= 11 is 0. The fourth-order valence-corrected chi connectivity index (χ4v) is 3.29. The number of aromatic nitrogens is 3. The number of benzene rings is 1. The van der Waals surface area contributed by atoms with Crippen LogP contribution >= 0.6 is 0 Å². The molecule has 128 valence electrons. The first-order valence-electron chi connectivity index (χ1n) is 8.53. The molecule has 2 aromatic heterocycles. The largest absolute Gasteiger partial charge is 0.290 e. The Labute approximate surface area is 147 Å². The molecular weight excluding hydrogens is 312 g/mol. The molecule has 0 unspecified atom stereocenters. The third-order valence-electron chi connectivity index (χ3n) is 4.62. The van der Waals surface area contributed by atoms with E-state index < -0.39 is 0 Å². The Morgan fingerprint density at radius 2 is 1.96 bits per heavy atom. The van der Waals surface area contributed by atoms with Crippen LogP contribution in [-0.2, 0) is 6.54 Å². The average molecular weight is 334 g/mol. The van der Waals surface area contributed by atoms with Gasteiger partial charge in [0.1, 0.15) is 5.52 Å². The number of aryl methyl sites for hydroxylation is 2. The number of hydrogen-bond acceptors (Lipinski definition) is 3. The van der Waals surface area contributed by atoms with Crippen molar-refractivity contribution >= 4 is 5.52 Å². The minimum Gasteiger partial charge on any atom is -0.290 e. The summed E-state index contributed by atoms with van der Waals surface area (Å²) in [6.45, 7) is 10.6. The van der Waals surface area contributed by atoms with Gasteiger partial charge in [0, 0.05) is 17.8 Å². The molecular formula is C20H22N4O. The maximum absolute atomic E-state index is 13.2. The van der Waals surface area contributed by atoms with E-state index in [1.807, 2.05) is 39.0 Å². The quantitative estimate of drug-likeness (QED) is 0.732. The number of fused-ring (bicyclic) bond motifs is 1. The van der Waals surface area contributed by atoms with E-state index in [1.54, 1.807) is 15.1 Å². The van der Waals surface area contributed by atoms with Crippen LogP contribution in [0.25, 0.3) is 16.9 Å². The zero-order valence-electron chi connectivity index (χ0n) is 15.3. The standard InChI is InChI=1S/C20H22N4O/c1-6-23-19(16-8-7-15(11-21)9-13(16)4)22-24-14(5)10-17(12(2)3)18(24)20(23)25/h7-10,12H,6H2,1-5H3. The molecule has 0 saturated carbocycles. The van der Waals surface area contributed by atoms with Gasteiger partial charge < -0.3 is 0 Å². The first kappa shape index (κ1) is 17.0. The second kappa shape index (κ2) is 6.21. The highest BCUT2D eigenvalue weighted by molar-refractivity contribution is 5.65. The minimum absolute atomic E-state index is 0.0203. The maximum Gasteiger partial charge on any atom is 0.278 e. The molecule has 3 rings (SSSR count). The number of nitriles is 1. The van der Waals surface area contributed by atoms with Crippen LogP contribution in [0.3, 0.4) is 0 Å². The monoisotopic (exact) mass is 334 g/mol. The van der Waals surface area contributed by atoms with E-state index in [9.17, 15) is 4.79 Å². The third-order valence-corrected chi connectivity index (χ3v) is 4.62. The predicted molar refractivity (Wildman–Crippen MR) is 98.8 cm³/mol. The van der Waals surface area contributed by atoms with Gasteiger partial charge >= 0.3 is 0 Å². The Morgan fingerprint density at radius 3 is 2.52 bits per heavy atom. The van der Waals surface area contributed by atoms with Crippen molar-refractivity contribution in [1.82, 2.24) is 14.2 Å². The Bertz CT molecular complexity index is 1060. The lowest BCUT2D eigenvalue weighted by molar-refractivity contribution is 0.686. The second-order valence-corrected chi connectivity index (χ2v) is 6.67. The fourth-order valence-electron chi connectivity index (χ4n) is 3.29. The van der Waals surface area contributed by atoms with Gasteiger partial charge in [-0.1, -0.05) is 13.8 Å². The molecule has 0 N–H and O–H groups in total. The van der Waals surface area contributed by atoms with Gasteiger partial charge in [-0.15, -0.1) is 5.10 Å². The van der Waals surface area contributed by atoms with Crippen LogP contribution in [0.5, 0.6) is 0 Å².